The van der Waals surface area contributed by atoms with Gasteiger partial charge in [-0.1, -0.05) is 12.2 Å². The number of ketones is 1. The zero-order valence-electron chi connectivity index (χ0n) is 7.68. The lowest BCUT2D eigenvalue weighted by Crippen LogP contribution is -2.37. The summed E-state index contributed by atoms with van der Waals surface area (Å²) in [4.78, 5) is 22.0. The van der Waals surface area contributed by atoms with Crippen LogP contribution in [0.5, 0.6) is 0 Å². The molecule has 1 aliphatic carbocycles. The molecule has 0 amide bonds. The lowest BCUT2D eigenvalue weighted by Gasteiger charge is -2.21. The number of Topliss-reactive ketones (excluding diaryl/α,β-unsaturated/α-hetero) is 1. The van der Waals surface area contributed by atoms with Crippen molar-refractivity contribution in [3.05, 3.63) is 23.8 Å². The van der Waals surface area contributed by atoms with Gasteiger partial charge in [0, 0.05) is 12.0 Å². The molecular formula is C9H10BrNO4. The molecule has 1 aliphatic rings. The molecule has 0 saturated heterocycles. The Hall–Kier alpha value is -0.980. The van der Waals surface area contributed by atoms with Crippen molar-refractivity contribution in [1.29, 1.82) is 0 Å². The SMILES string of the molecule is NC(CC1=CC=CC(O)(Br)C1=O)C(=O)O. The summed E-state index contributed by atoms with van der Waals surface area (Å²) in [5.41, 5.74) is 5.47. The van der Waals surface area contributed by atoms with Gasteiger partial charge in [-0.05, 0) is 22.0 Å². The van der Waals surface area contributed by atoms with E-state index in [2.05, 4.69) is 15.9 Å². The van der Waals surface area contributed by atoms with Crippen molar-refractivity contribution in [2.24, 2.45) is 5.73 Å². The van der Waals surface area contributed by atoms with E-state index in [1.165, 1.54) is 18.2 Å². The molecule has 0 aliphatic heterocycles. The Morgan fingerprint density at radius 3 is 2.80 bits per heavy atom. The fourth-order valence-corrected chi connectivity index (χ4v) is 1.56. The highest BCUT2D eigenvalue weighted by Crippen LogP contribution is 2.27. The second-order valence-electron chi connectivity index (χ2n) is 3.20. The maximum absolute atomic E-state index is 11.5. The maximum atomic E-state index is 11.5. The highest BCUT2D eigenvalue weighted by atomic mass is 79.9. The van der Waals surface area contributed by atoms with Crippen LogP contribution in [-0.2, 0) is 9.59 Å². The average Bonchev–Trinajstić information content (AvgIpc) is 2.12. The van der Waals surface area contributed by atoms with Gasteiger partial charge in [-0.2, -0.15) is 0 Å². The first-order chi connectivity index (χ1) is 6.84. The van der Waals surface area contributed by atoms with E-state index in [9.17, 15) is 14.7 Å². The Morgan fingerprint density at radius 2 is 2.27 bits per heavy atom. The molecule has 0 aromatic heterocycles. The third-order valence-electron chi connectivity index (χ3n) is 1.98. The van der Waals surface area contributed by atoms with Gasteiger partial charge in [0.05, 0.1) is 0 Å². The quantitative estimate of drug-likeness (QED) is 0.627. The normalized spacial score (nSPS) is 27.4. The molecule has 0 heterocycles. The lowest BCUT2D eigenvalue weighted by molar-refractivity contribution is -0.138. The molecular weight excluding hydrogens is 266 g/mol. The highest BCUT2D eigenvalue weighted by molar-refractivity contribution is 9.10. The summed E-state index contributed by atoms with van der Waals surface area (Å²) in [6.45, 7) is 0. The van der Waals surface area contributed by atoms with Crippen molar-refractivity contribution in [3.63, 3.8) is 0 Å². The maximum Gasteiger partial charge on any atom is 0.320 e. The van der Waals surface area contributed by atoms with Gasteiger partial charge in [0.15, 0.2) is 0 Å². The number of halogens is 1. The predicted octanol–water partition coefficient (Wildman–Crippen LogP) is -0.0628. The Morgan fingerprint density at radius 1 is 1.67 bits per heavy atom. The molecule has 6 heteroatoms. The van der Waals surface area contributed by atoms with Crippen molar-refractivity contribution >= 4 is 27.7 Å². The fraction of sp³-hybridized carbons (Fsp3) is 0.333. The van der Waals surface area contributed by atoms with Crippen LogP contribution < -0.4 is 5.73 Å². The van der Waals surface area contributed by atoms with Crippen LogP contribution in [-0.4, -0.2) is 32.5 Å². The molecule has 0 bridgehead atoms. The number of rotatable bonds is 3. The van der Waals surface area contributed by atoms with Crippen LogP contribution in [0.4, 0.5) is 0 Å². The molecule has 5 nitrogen and oxygen atoms in total. The molecule has 2 unspecified atom stereocenters. The van der Waals surface area contributed by atoms with Gasteiger partial charge in [-0.3, -0.25) is 9.59 Å². The summed E-state index contributed by atoms with van der Waals surface area (Å²) in [7, 11) is 0. The summed E-state index contributed by atoms with van der Waals surface area (Å²) < 4.78 is -1.74. The fourth-order valence-electron chi connectivity index (χ4n) is 1.15. The van der Waals surface area contributed by atoms with Gasteiger partial charge >= 0.3 is 5.97 Å². The molecule has 0 fully saturated rings. The van der Waals surface area contributed by atoms with Gasteiger partial charge in [-0.25, -0.2) is 0 Å². The second kappa shape index (κ2) is 4.26. The number of alkyl halides is 1. The smallest absolute Gasteiger partial charge is 0.320 e. The van der Waals surface area contributed by atoms with Gasteiger partial charge in [0.25, 0.3) is 0 Å². The number of carboxylic acid groups (broad SMARTS) is 1. The number of allylic oxidation sites excluding steroid dienone is 2. The summed E-state index contributed by atoms with van der Waals surface area (Å²) in [6, 6.07) is -1.14. The van der Waals surface area contributed by atoms with E-state index < -0.39 is 22.3 Å². The topological polar surface area (TPSA) is 101 Å². The number of carbonyl (C=O) groups is 2. The third kappa shape index (κ3) is 2.74. The Labute approximate surface area is 94.4 Å². The first-order valence-corrected chi connectivity index (χ1v) is 4.97. The zero-order valence-corrected chi connectivity index (χ0v) is 9.27. The average molecular weight is 276 g/mol. The van der Waals surface area contributed by atoms with Gasteiger partial charge in [-0.15, -0.1) is 0 Å². The van der Waals surface area contributed by atoms with Crippen molar-refractivity contribution in [3.8, 4) is 0 Å². The van der Waals surface area contributed by atoms with Crippen molar-refractivity contribution < 1.29 is 19.8 Å². The Kier molecular flexibility index (Phi) is 3.43. The largest absolute Gasteiger partial charge is 0.480 e. The van der Waals surface area contributed by atoms with Crippen molar-refractivity contribution in [2.45, 2.75) is 17.0 Å². The monoisotopic (exact) mass is 275 g/mol. The lowest BCUT2D eigenvalue weighted by atomic mass is 9.95. The molecule has 4 N–H and O–H groups in total. The number of hydrogen-bond donors (Lipinski definition) is 3. The minimum Gasteiger partial charge on any atom is -0.480 e. The van der Waals surface area contributed by atoms with Gasteiger partial charge in [0.1, 0.15) is 6.04 Å². The van der Waals surface area contributed by atoms with Crippen LogP contribution >= 0.6 is 15.9 Å². The first-order valence-electron chi connectivity index (χ1n) is 4.17. The van der Waals surface area contributed by atoms with E-state index >= 15 is 0 Å². The third-order valence-corrected chi connectivity index (χ3v) is 2.61. The minimum atomic E-state index is -1.74. The van der Waals surface area contributed by atoms with Crippen molar-refractivity contribution in [2.75, 3.05) is 0 Å². The van der Waals surface area contributed by atoms with E-state index in [1.54, 1.807) is 0 Å². The number of nitrogens with two attached hydrogens (primary N) is 1. The molecule has 0 aromatic rings. The molecule has 0 radical (unpaired) electrons. The molecule has 1 rings (SSSR count). The summed E-state index contributed by atoms with van der Waals surface area (Å²) in [6.07, 6.45) is 4.08. The Bertz CT molecular complexity index is 359. The first kappa shape index (κ1) is 12.1. The Balaban J connectivity index is 2.80. The van der Waals surface area contributed by atoms with E-state index in [0.29, 0.717) is 0 Å². The van der Waals surface area contributed by atoms with Crippen LogP contribution in [0.3, 0.4) is 0 Å². The highest BCUT2D eigenvalue weighted by Gasteiger charge is 2.34. The van der Waals surface area contributed by atoms with Crippen LogP contribution in [0.15, 0.2) is 23.8 Å². The van der Waals surface area contributed by atoms with Crippen LogP contribution in [0.1, 0.15) is 6.42 Å². The number of aliphatic carboxylic acids is 1. The number of aliphatic hydroxyl groups is 1. The number of carboxylic acids is 1. The summed E-state index contributed by atoms with van der Waals surface area (Å²) >= 11 is 2.82. The molecule has 15 heavy (non-hydrogen) atoms. The molecule has 2 atom stereocenters. The molecule has 0 spiro atoms. The van der Waals surface area contributed by atoms with E-state index in [0.717, 1.165) is 0 Å². The van der Waals surface area contributed by atoms with Crippen LogP contribution in [0.25, 0.3) is 0 Å². The van der Waals surface area contributed by atoms with Crippen LogP contribution in [0, 0.1) is 0 Å². The van der Waals surface area contributed by atoms with E-state index in [4.69, 9.17) is 10.8 Å². The van der Waals surface area contributed by atoms with E-state index in [1.807, 2.05) is 0 Å². The van der Waals surface area contributed by atoms with Crippen LogP contribution in [0.2, 0.25) is 0 Å². The number of hydrogen-bond acceptors (Lipinski definition) is 4. The van der Waals surface area contributed by atoms with E-state index in [-0.39, 0.29) is 12.0 Å². The molecule has 0 aromatic carbocycles. The number of carbonyl (C=O) groups excluding carboxylic acids is 1. The van der Waals surface area contributed by atoms with Gasteiger partial charge in [0.2, 0.25) is 10.3 Å². The second-order valence-corrected chi connectivity index (χ2v) is 4.41. The van der Waals surface area contributed by atoms with Crippen molar-refractivity contribution in [1.82, 2.24) is 0 Å². The zero-order chi connectivity index (χ0) is 11.6. The minimum absolute atomic E-state index is 0.105. The molecule has 82 valence electrons. The predicted molar refractivity (Wildman–Crippen MR) is 56.3 cm³/mol. The standard InChI is InChI=1S/C9H10BrNO4/c10-9(15)3-1-2-5(7(9)12)4-6(11)8(13)14/h1-3,6,15H,4,11H2,(H,13,14). The molecule has 0 saturated carbocycles. The summed E-state index contributed by atoms with van der Waals surface area (Å²) in [5.74, 6) is -1.77. The summed E-state index contributed by atoms with van der Waals surface area (Å²) in [5, 5.41) is 18.1. The van der Waals surface area contributed by atoms with Gasteiger partial charge < -0.3 is 15.9 Å².